The molecule has 0 bridgehead atoms. The number of hydrogen-bond acceptors (Lipinski definition) is 16. The number of sulfone groups is 1. The Balaban J connectivity index is 0.000000234. The Morgan fingerprint density at radius 2 is 0.911 bits per heavy atom. The van der Waals surface area contributed by atoms with E-state index in [0.717, 1.165) is 215 Å². The van der Waals surface area contributed by atoms with Crippen molar-refractivity contribution in [2.75, 3.05) is 78.0 Å². The number of nitrogens with zero attached hydrogens (tertiary/aromatic N) is 7. The average molecular weight is 1890 g/mol. The van der Waals surface area contributed by atoms with Crippen LogP contribution in [0.5, 0.6) is 0 Å². The number of esters is 1. The van der Waals surface area contributed by atoms with E-state index in [9.17, 15) is 56.0 Å². The lowest BCUT2D eigenvalue weighted by molar-refractivity contribution is -0.143. The van der Waals surface area contributed by atoms with E-state index < -0.39 is 26.6 Å². The average Bonchev–Trinajstić information content (AvgIpc) is 1.68. The predicted octanol–water partition coefficient (Wildman–Crippen LogP) is 20.2. The lowest BCUT2D eigenvalue weighted by atomic mass is 9.81. The normalized spacial score (nSPS) is 15.8. The largest absolute Gasteiger partial charge is 0.466 e. The molecule has 6 amide bonds. The highest BCUT2D eigenvalue weighted by Crippen LogP contribution is 2.38. The molecule has 14 rings (SSSR count). The van der Waals surface area contributed by atoms with Gasteiger partial charge < -0.3 is 44.4 Å². The van der Waals surface area contributed by atoms with Crippen molar-refractivity contribution < 1.29 is 70.2 Å². The third kappa shape index (κ3) is 48.7. The van der Waals surface area contributed by atoms with Gasteiger partial charge in [-0.25, -0.2) is 12.8 Å². The number of ether oxygens (including phenoxy) is 3. The van der Waals surface area contributed by atoms with Crippen LogP contribution >= 0.6 is 0 Å². The highest BCUT2D eigenvalue weighted by molar-refractivity contribution is 7.90. The summed E-state index contributed by atoms with van der Waals surface area (Å²) in [4.78, 5) is 119. The molecule has 8 saturated carbocycles. The van der Waals surface area contributed by atoms with Gasteiger partial charge >= 0.3 is 5.97 Å². The molecule has 8 aliphatic carbocycles. The molecule has 5 aromatic carbocycles. The minimum Gasteiger partial charge on any atom is -0.466 e. The number of nitrogens with two attached hydrogens (primary N) is 1. The summed E-state index contributed by atoms with van der Waals surface area (Å²) < 4.78 is 51.3. The minimum atomic E-state index is -2.90. The van der Waals surface area contributed by atoms with E-state index in [4.69, 9.17) is 25.2 Å². The number of halogens is 1. The number of amides is 6. The second-order valence-electron chi connectivity index (χ2n) is 39.1. The number of ketones is 2. The van der Waals surface area contributed by atoms with Crippen molar-refractivity contribution in [1.29, 1.82) is 5.26 Å². The van der Waals surface area contributed by atoms with Crippen LogP contribution in [0.15, 0.2) is 140 Å². The Kier molecular flexibility index (Phi) is 52.7. The van der Waals surface area contributed by atoms with Crippen LogP contribution in [-0.4, -0.2) is 205 Å². The van der Waals surface area contributed by atoms with Gasteiger partial charge in [0, 0.05) is 133 Å². The minimum absolute atomic E-state index is 0.0452. The molecule has 0 spiro atoms. The summed E-state index contributed by atoms with van der Waals surface area (Å²) >= 11 is 0. The molecule has 9 fully saturated rings. The molecule has 0 radical (unpaired) electrons. The fraction of sp³-hybridized carbons (Fsp3) is 0.640. The van der Waals surface area contributed by atoms with Crippen LogP contribution in [0, 0.1) is 45.7 Å². The first-order chi connectivity index (χ1) is 64.8. The summed E-state index contributed by atoms with van der Waals surface area (Å²) in [5.74, 6) is 3.56. The second kappa shape index (κ2) is 62.0. The number of unbranched alkanes of at least 4 members (excludes halogenated alkanes) is 1. The van der Waals surface area contributed by atoms with Crippen molar-refractivity contribution >= 4 is 62.8 Å². The maximum absolute atomic E-state index is 12.7. The zero-order valence-electron chi connectivity index (χ0n) is 84.4. The Morgan fingerprint density at radius 3 is 1.36 bits per heavy atom. The van der Waals surface area contributed by atoms with Crippen molar-refractivity contribution in [2.45, 2.75) is 351 Å². The lowest BCUT2D eigenvalue weighted by Crippen LogP contribution is -2.40. The van der Waals surface area contributed by atoms with E-state index in [-0.39, 0.29) is 53.4 Å². The van der Waals surface area contributed by atoms with Gasteiger partial charge in [0.25, 0.3) is 0 Å². The number of hydrogen-bond donors (Lipinski definition) is 1. The van der Waals surface area contributed by atoms with Gasteiger partial charge in [-0.05, 0) is 245 Å². The molecule has 24 heteroatoms. The van der Waals surface area contributed by atoms with E-state index in [0.29, 0.717) is 104 Å². The van der Waals surface area contributed by atoms with Crippen LogP contribution in [0.2, 0.25) is 0 Å². The molecule has 1 aliphatic heterocycles. The summed E-state index contributed by atoms with van der Waals surface area (Å²) in [5, 5.41) is 8.64. The number of likely N-dealkylation sites (N-methyl/N-ethyl adjacent to an activating group) is 3. The summed E-state index contributed by atoms with van der Waals surface area (Å²) in [7, 11) is -2.90. The lowest BCUT2D eigenvalue weighted by Gasteiger charge is -2.28. The van der Waals surface area contributed by atoms with Crippen molar-refractivity contribution in [2.24, 2.45) is 34.3 Å². The maximum atomic E-state index is 12.7. The maximum Gasteiger partial charge on any atom is 0.306 e. The molecule has 135 heavy (non-hydrogen) atoms. The molecule has 0 atom stereocenters. The molecule has 9 aliphatic rings. The number of Topliss-reactive ketones (excluding diaryl/α,β-unsaturated/α-hetero) is 2. The summed E-state index contributed by atoms with van der Waals surface area (Å²) in [6, 6.07) is 48.2. The first-order valence-corrected chi connectivity index (χ1v) is 53.0. The zero-order valence-corrected chi connectivity index (χ0v) is 85.2. The Labute approximate surface area is 810 Å². The smallest absolute Gasteiger partial charge is 0.306 e. The topological polar surface area (TPSA) is 285 Å². The molecular weight excluding hydrogens is 1720 g/mol. The molecule has 748 valence electrons. The Bertz CT molecular complexity index is 4460. The number of primary amides is 1. The number of aryl methyl sites for hydroxylation is 1. The van der Waals surface area contributed by atoms with Crippen molar-refractivity contribution in [3.05, 3.63) is 179 Å². The highest BCUT2D eigenvalue weighted by Gasteiger charge is 2.40. The SMILES string of the molecule is CCCCS(=O)(=O)Cc1ccccc1.CCCN(C(=O)CC(C)(C)C(=O)CCC1CC1)C1CC1.CCCN(C(=O)CC1CCOCC1)C1CC1.CCCOCc1cccc(C#N)c1.CCN(C(=O)CC(C)(C)C(N)=O)C1CC1.CCN(C(=O)Cc1ccc(F)cc1)C1CC1.CCN(C(=O)Cc1ccccc1)C1CC1.CCN(CC(=O)CC1CC1)C1CC1.CCOC(=O)CCc1ccccc1. The standard InChI is InChI=1S/C17H29NO2.C13H16FNO.C13H23NO2.C13H17NO.C11H20N2O2.C11H19NO.C11H13NO.C11H16O2S.C11H14O2/c1-4-11-18(14-8-9-14)16(20)12-17(2,3)15(19)10-7-13-5-6-13;1-2-15(12-7-8-12)13(16)9-10-3-5-11(14)6-4-10;1-2-7-14(12-3-4-12)13(15)10-11-5-8-16-9-6-11;1-2-14(12-8-9-12)13(15)10-11-6-4-3-5-7-11;1-4-13(8-5-6-8)9(14)7-11(2,3)10(12)15;1-2-12(10-5-6-10)8-11(13)7-9-3-4-9;1-2-6-13-9-11-5-3-4-10(7-11)8-12;1-2-3-9-14(12,13)10-11-7-5-4-6-8-11;1-2-13-11(12)9-8-10-6-4-3-5-7-10/h13-14H,4-12H2,1-3H3;3-6,12H,2,7-9H2,1H3;11-12H,2-10H2,1H3;3-7,12H,2,8-10H2,1H3;8H,4-7H2,1-3H3,(H2,12,15);9-10H,2-8H2,1H3;3-5,7H,2,6,9H2,1H3;4-8H,2-3,9-10H2,1H3;3-7H,2,8-9H2,1H3. The van der Waals surface area contributed by atoms with E-state index in [1.807, 2.05) is 170 Å². The van der Waals surface area contributed by atoms with Crippen molar-refractivity contribution in [3.63, 3.8) is 0 Å². The molecule has 2 N–H and O–H groups in total. The van der Waals surface area contributed by atoms with Gasteiger partial charge in [0.05, 0.1) is 61.2 Å². The van der Waals surface area contributed by atoms with Gasteiger partial charge in [0.1, 0.15) is 17.4 Å². The number of nitriles is 1. The number of carbonyl (C=O) groups is 9. The van der Waals surface area contributed by atoms with Crippen molar-refractivity contribution in [1.82, 2.24) is 29.4 Å². The summed E-state index contributed by atoms with van der Waals surface area (Å²) in [6.07, 6.45) is 32.3. The van der Waals surface area contributed by atoms with Gasteiger partial charge in [-0.15, -0.1) is 0 Å². The third-order valence-corrected chi connectivity index (χ3v) is 27.1. The number of carbonyl (C=O) groups excluding carboxylic acids is 9. The van der Waals surface area contributed by atoms with E-state index in [1.165, 1.54) is 81.9 Å². The van der Waals surface area contributed by atoms with Gasteiger partial charge in [-0.3, -0.25) is 48.1 Å². The molecule has 22 nitrogen and oxygen atoms in total. The van der Waals surface area contributed by atoms with E-state index >= 15 is 0 Å². The zero-order chi connectivity index (χ0) is 98.7. The van der Waals surface area contributed by atoms with E-state index in [1.54, 1.807) is 32.0 Å². The molecule has 5 aromatic rings. The summed E-state index contributed by atoms with van der Waals surface area (Å²) in [5.41, 5.74) is 9.81. The van der Waals surface area contributed by atoms with Crippen molar-refractivity contribution in [3.8, 4) is 6.07 Å². The van der Waals surface area contributed by atoms with Gasteiger partial charge in [-0.2, -0.15) is 5.26 Å². The monoisotopic (exact) mass is 1890 g/mol. The molecule has 1 heterocycles. The first-order valence-electron chi connectivity index (χ1n) is 51.2. The highest BCUT2D eigenvalue weighted by atomic mass is 32.2. The second-order valence-corrected chi connectivity index (χ2v) is 41.2. The summed E-state index contributed by atoms with van der Waals surface area (Å²) in [6.45, 7) is 35.1. The van der Waals surface area contributed by atoms with Gasteiger partial charge in [0.15, 0.2) is 9.84 Å². The molecule has 0 unspecified atom stereocenters. The first kappa shape index (κ1) is 115. The van der Waals surface area contributed by atoms with Crippen LogP contribution < -0.4 is 5.73 Å². The number of benzene rings is 5. The third-order valence-electron chi connectivity index (χ3n) is 25.4. The van der Waals surface area contributed by atoms with Crippen LogP contribution in [0.3, 0.4) is 0 Å². The Hall–Kier alpha value is -9.02. The van der Waals surface area contributed by atoms with E-state index in [2.05, 4.69) is 50.5 Å². The Morgan fingerprint density at radius 1 is 0.467 bits per heavy atom. The van der Waals surface area contributed by atoms with Crippen LogP contribution in [-0.2, 0) is 98.8 Å². The number of rotatable bonds is 46. The van der Waals surface area contributed by atoms with Crippen LogP contribution in [0.1, 0.15) is 316 Å². The predicted molar refractivity (Wildman–Crippen MR) is 537 cm³/mol. The molecule has 0 aromatic heterocycles. The molecular formula is C111H167FN8O14S. The fourth-order valence-corrected chi connectivity index (χ4v) is 17.5. The van der Waals surface area contributed by atoms with Gasteiger partial charge in [-0.1, -0.05) is 197 Å². The fourth-order valence-electron chi connectivity index (χ4n) is 16.0. The van der Waals surface area contributed by atoms with Crippen LogP contribution in [0.4, 0.5) is 4.39 Å². The van der Waals surface area contributed by atoms with Crippen LogP contribution in [0.25, 0.3) is 0 Å². The quantitative estimate of drug-likeness (QED) is 0.0280. The van der Waals surface area contributed by atoms with Gasteiger partial charge in [0.2, 0.25) is 35.4 Å². The molecule has 1 saturated heterocycles.